The van der Waals surface area contributed by atoms with E-state index in [2.05, 4.69) is 6.92 Å². The minimum Gasteiger partial charge on any atom is -0.381 e. The van der Waals surface area contributed by atoms with Crippen LogP contribution in [0.25, 0.3) is 0 Å². The SMILES string of the molecule is CC1CC(CN)CN1C(=O)C1(c2ccccc2Cl)CCOCC1. The fraction of sp³-hybridized carbons (Fsp3) is 0.611. The van der Waals surface area contributed by atoms with Crippen LogP contribution in [-0.2, 0) is 14.9 Å². The number of likely N-dealkylation sites (tertiary alicyclic amines) is 1. The monoisotopic (exact) mass is 336 g/mol. The summed E-state index contributed by atoms with van der Waals surface area (Å²) in [5.41, 5.74) is 6.21. The van der Waals surface area contributed by atoms with Crippen LogP contribution in [-0.4, -0.2) is 43.2 Å². The summed E-state index contributed by atoms with van der Waals surface area (Å²) in [4.78, 5) is 15.5. The largest absolute Gasteiger partial charge is 0.381 e. The molecular weight excluding hydrogens is 312 g/mol. The molecule has 2 unspecified atom stereocenters. The van der Waals surface area contributed by atoms with Gasteiger partial charge in [0.05, 0.1) is 5.41 Å². The zero-order chi connectivity index (χ0) is 16.4. The van der Waals surface area contributed by atoms with Crippen LogP contribution in [0.5, 0.6) is 0 Å². The first-order chi connectivity index (χ1) is 11.1. The maximum absolute atomic E-state index is 13.5. The minimum atomic E-state index is -0.561. The Morgan fingerprint density at radius 1 is 1.39 bits per heavy atom. The lowest BCUT2D eigenvalue weighted by Gasteiger charge is -2.40. The van der Waals surface area contributed by atoms with Crippen molar-refractivity contribution in [2.24, 2.45) is 11.7 Å². The van der Waals surface area contributed by atoms with E-state index in [0.29, 0.717) is 43.5 Å². The lowest BCUT2D eigenvalue weighted by Crippen LogP contribution is -2.51. The Morgan fingerprint density at radius 2 is 2.09 bits per heavy atom. The van der Waals surface area contributed by atoms with E-state index in [1.165, 1.54) is 0 Å². The average molecular weight is 337 g/mol. The fourth-order valence-corrected chi connectivity index (χ4v) is 4.36. The molecule has 1 aromatic rings. The smallest absolute Gasteiger partial charge is 0.233 e. The number of amides is 1. The second-order valence-electron chi connectivity index (χ2n) is 6.82. The molecule has 2 saturated heterocycles. The molecule has 1 aromatic carbocycles. The Balaban J connectivity index is 1.96. The molecule has 0 aromatic heterocycles. The highest BCUT2D eigenvalue weighted by atomic mass is 35.5. The third kappa shape index (κ3) is 3.00. The average Bonchev–Trinajstić information content (AvgIpc) is 2.96. The van der Waals surface area contributed by atoms with Gasteiger partial charge in [-0.05, 0) is 50.3 Å². The number of nitrogens with zero attached hydrogens (tertiary/aromatic N) is 1. The van der Waals surface area contributed by atoms with Crippen molar-refractivity contribution < 1.29 is 9.53 Å². The number of benzene rings is 1. The summed E-state index contributed by atoms with van der Waals surface area (Å²) >= 11 is 6.46. The molecule has 0 spiro atoms. The minimum absolute atomic E-state index is 0.192. The highest BCUT2D eigenvalue weighted by Crippen LogP contribution is 2.41. The maximum Gasteiger partial charge on any atom is 0.233 e. The molecule has 23 heavy (non-hydrogen) atoms. The van der Waals surface area contributed by atoms with E-state index in [4.69, 9.17) is 22.1 Å². The molecule has 2 atom stereocenters. The number of carbonyl (C=O) groups is 1. The third-order valence-electron chi connectivity index (χ3n) is 5.40. The standard InChI is InChI=1S/C18H25ClN2O2/c1-13-10-14(11-20)12-21(13)17(22)18(6-8-23-9-7-18)15-4-2-3-5-16(15)19/h2-5,13-14H,6-12,20H2,1H3. The van der Waals surface area contributed by atoms with Crippen molar-refractivity contribution in [1.29, 1.82) is 0 Å². The van der Waals surface area contributed by atoms with Crippen LogP contribution >= 0.6 is 11.6 Å². The van der Waals surface area contributed by atoms with E-state index in [1.807, 2.05) is 29.2 Å². The van der Waals surface area contributed by atoms with Gasteiger partial charge in [-0.2, -0.15) is 0 Å². The highest BCUT2D eigenvalue weighted by molar-refractivity contribution is 6.31. The van der Waals surface area contributed by atoms with Crippen LogP contribution in [0.15, 0.2) is 24.3 Å². The molecule has 0 bridgehead atoms. The molecule has 1 amide bonds. The number of carbonyl (C=O) groups excluding carboxylic acids is 1. The van der Waals surface area contributed by atoms with Gasteiger partial charge in [-0.25, -0.2) is 0 Å². The van der Waals surface area contributed by atoms with Crippen LogP contribution in [0.2, 0.25) is 5.02 Å². The zero-order valence-electron chi connectivity index (χ0n) is 13.6. The maximum atomic E-state index is 13.5. The first-order valence-electron chi connectivity index (χ1n) is 8.42. The van der Waals surface area contributed by atoms with Gasteiger partial charge >= 0.3 is 0 Å². The molecular formula is C18H25ClN2O2. The van der Waals surface area contributed by atoms with Gasteiger partial charge in [0, 0.05) is 30.8 Å². The predicted octanol–water partition coefficient (Wildman–Crippen LogP) is 2.58. The molecule has 3 rings (SSSR count). The summed E-state index contributed by atoms with van der Waals surface area (Å²) in [7, 11) is 0. The van der Waals surface area contributed by atoms with Gasteiger partial charge in [0.15, 0.2) is 0 Å². The first kappa shape index (κ1) is 16.7. The molecule has 2 fully saturated rings. The first-order valence-corrected chi connectivity index (χ1v) is 8.80. The molecule has 2 N–H and O–H groups in total. The Morgan fingerprint density at radius 3 is 2.70 bits per heavy atom. The number of hydrogen-bond donors (Lipinski definition) is 1. The summed E-state index contributed by atoms with van der Waals surface area (Å²) in [5.74, 6) is 0.592. The van der Waals surface area contributed by atoms with Gasteiger partial charge in [0.25, 0.3) is 0 Å². The Labute approximate surface area is 142 Å². The normalized spacial score (nSPS) is 27.2. The second-order valence-corrected chi connectivity index (χ2v) is 7.23. The van der Waals surface area contributed by atoms with Crippen LogP contribution in [0, 0.1) is 5.92 Å². The number of hydrogen-bond acceptors (Lipinski definition) is 3. The molecule has 126 valence electrons. The molecule has 0 saturated carbocycles. The van der Waals surface area contributed by atoms with Crippen molar-refractivity contribution >= 4 is 17.5 Å². The van der Waals surface area contributed by atoms with E-state index in [-0.39, 0.29) is 11.9 Å². The van der Waals surface area contributed by atoms with Crippen LogP contribution in [0.3, 0.4) is 0 Å². The third-order valence-corrected chi connectivity index (χ3v) is 5.73. The molecule has 5 heteroatoms. The van der Waals surface area contributed by atoms with Crippen LogP contribution < -0.4 is 5.73 Å². The number of rotatable bonds is 3. The molecule has 4 nitrogen and oxygen atoms in total. The molecule has 2 aliphatic heterocycles. The van der Waals surface area contributed by atoms with Crippen molar-refractivity contribution in [3.05, 3.63) is 34.9 Å². The van der Waals surface area contributed by atoms with Gasteiger partial charge in [0.2, 0.25) is 5.91 Å². The fourth-order valence-electron chi connectivity index (χ4n) is 4.04. The van der Waals surface area contributed by atoms with Gasteiger partial charge in [-0.3, -0.25) is 4.79 Å². The zero-order valence-corrected chi connectivity index (χ0v) is 14.4. The van der Waals surface area contributed by atoms with Crippen LogP contribution in [0.1, 0.15) is 31.7 Å². The predicted molar refractivity (Wildman–Crippen MR) is 91.5 cm³/mol. The second kappa shape index (κ2) is 6.80. The molecule has 0 radical (unpaired) electrons. The Bertz CT molecular complexity index is 572. The van der Waals surface area contributed by atoms with Gasteiger partial charge in [0.1, 0.15) is 0 Å². The van der Waals surface area contributed by atoms with E-state index in [0.717, 1.165) is 18.5 Å². The van der Waals surface area contributed by atoms with E-state index < -0.39 is 5.41 Å². The molecule has 2 aliphatic rings. The summed E-state index contributed by atoms with van der Waals surface area (Å²) < 4.78 is 5.53. The van der Waals surface area contributed by atoms with Crippen LogP contribution in [0.4, 0.5) is 0 Å². The summed E-state index contributed by atoms with van der Waals surface area (Å²) in [6.07, 6.45) is 2.36. The number of nitrogens with two attached hydrogens (primary N) is 1. The molecule has 0 aliphatic carbocycles. The van der Waals surface area contributed by atoms with Crippen molar-refractivity contribution in [3.8, 4) is 0 Å². The summed E-state index contributed by atoms with van der Waals surface area (Å²) in [6.45, 7) is 4.70. The topological polar surface area (TPSA) is 55.6 Å². The van der Waals surface area contributed by atoms with Crippen molar-refractivity contribution in [1.82, 2.24) is 4.90 Å². The number of halogens is 1. The van der Waals surface area contributed by atoms with E-state index in [1.54, 1.807) is 0 Å². The Kier molecular flexibility index (Phi) is 4.95. The van der Waals surface area contributed by atoms with E-state index >= 15 is 0 Å². The van der Waals surface area contributed by atoms with Gasteiger partial charge in [-0.15, -0.1) is 0 Å². The summed E-state index contributed by atoms with van der Waals surface area (Å²) in [5, 5.41) is 0.671. The Hall–Kier alpha value is -1.10. The van der Waals surface area contributed by atoms with E-state index in [9.17, 15) is 4.79 Å². The lowest BCUT2D eigenvalue weighted by molar-refractivity contribution is -0.142. The van der Waals surface area contributed by atoms with Gasteiger partial charge < -0.3 is 15.4 Å². The van der Waals surface area contributed by atoms with Crippen molar-refractivity contribution in [3.63, 3.8) is 0 Å². The van der Waals surface area contributed by atoms with Crippen molar-refractivity contribution in [2.75, 3.05) is 26.3 Å². The van der Waals surface area contributed by atoms with Crippen molar-refractivity contribution in [2.45, 2.75) is 37.6 Å². The highest BCUT2D eigenvalue weighted by Gasteiger charge is 2.47. The quantitative estimate of drug-likeness (QED) is 0.923. The number of ether oxygens (including phenoxy) is 1. The molecule has 2 heterocycles. The summed E-state index contributed by atoms with van der Waals surface area (Å²) in [6, 6.07) is 7.97. The van der Waals surface area contributed by atoms with Gasteiger partial charge in [-0.1, -0.05) is 29.8 Å². The lowest BCUT2D eigenvalue weighted by atomic mass is 9.72.